The smallest absolute Gasteiger partial charge is 0.326 e. The highest BCUT2D eigenvalue weighted by Crippen LogP contribution is 2.37. The minimum absolute atomic E-state index is 0.0458. The first kappa shape index (κ1) is 15.0. The molecular formula is C16H12F3NOS. The molecule has 0 spiro atoms. The van der Waals surface area contributed by atoms with Gasteiger partial charge in [-0.2, -0.15) is 13.2 Å². The third kappa shape index (κ3) is 2.97. The van der Waals surface area contributed by atoms with E-state index in [4.69, 9.17) is 0 Å². The number of nitrogens with zero attached hydrogens (tertiary/aromatic N) is 1. The predicted molar refractivity (Wildman–Crippen MR) is 77.3 cm³/mol. The lowest BCUT2D eigenvalue weighted by Gasteiger charge is -2.28. The summed E-state index contributed by atoms with van der Waals surface area (Å²) in [4.78, 5) is 14.3. The number of carbonyl (C=O) groups is 1. The number of amides is 1. The Morgan fingerprint density at radius 2 is 1.36 bits per heavy atom. The number of rotatable bonds is 0. The summed E-state index contributed by atoms with van der Waals surface area (Å²) in [7, 11) is 0. The quantitative estimate of drug-likeness (QED) is 0.723. The van der Waals surface area contributed by atoms with E-state index in [2.05, 4.69) is 0 Å². The molecule has 0 bridgehead atoms. The van der Waals surface area contributed by atoms with Crippen LogP contribution in [0.1, 0.15) is 11.1 Å². The van der Waals surface area contributed by atoms with Gasteiger partial charge in [-0.15, -0.1) is 0 Å². The van der Waals surface area contributed by atoms with Crippen molar-refractivity contribution in [3.8, 4) is 0 Å². The van der Waals surface area contributed by atoms with Gasteiger partial charge in [-0.3, -0.25) is 4.79 Å². The van der Waals surface area contributed by atoms with Crippen molar-refractivity contribution in [2.75, 3.05) is 0 Å². The van der Waals surface area contributed by atoms with Crippen LogP contribution in [-0.4, -0.2) is 17.0 Å². The van der Waals surface area contributed by atoms with Crippen LogP contribution in [0, 0.1) is 0 Å². The molecule has 0 fully saturated rings. The topological polar surface area (TPSA) is 20.3 Å². The molecule has 22 heavy (non-hydrogen) atoms. The Bertz CT molecular complexity index is 667. The largest absolute Gasteiger partial charge is 0.471 e. The first-order valence-electron chi connectivity index (χ1n) is 6.65. The standard InChI is InChI=1S/C16H12F3NOS/c17-16(18,19)15(21)20-9-11-5-1-3-7-13(11)22-14-8-4-2-6-12(14)10-20/h1-8H,9-10H2. The molecule has 0 unspecified atom stereocenters. The molecule has 6 heteroatoms. The molecule has 114 valence electrons. The number of hydrogen-bond acceptors (Lipinski definition) is 2. The fourth-order valence-corrected chi connectivity index (χ4v) is 3.43. The zero-order chi connectivity index (χ0) is 15.7. The van der Waals surface area contributed by atoms with Gasteiger partial charge >= 0.3 is 12.1 Å². The van der Waals surface area contributed by atoms with E-state index in [1.165, 1.54) is 11.8 Å². The number of hydrogen-bond donors (Lipinski definition) is 0. The minimum atomic E-state index is -4.86. The zero-order valence-electron chi connectivity index (χ0n) is 11.4. The van der Waals surface area contributed by atoms with Crippen molar-refractivity contribution < 1.29 is 18.0 Å². The van der Waals surface area contributed by atoms with Gasteiger partial charge in [-0.25, -0.2) is 0 Å². The summed E-state index contributed by atoms with van der Waals surface area (Å²) < 4.78 is 38.5. The van der Waals surface area contributed by atoms with Crippen molar-refractivity contribution >= 4 is 17.7 Å². The summed E-state index contributed by atoms with van der Waals surface area (Å²) in [5.74, 6) is -1.80. The number of fused-ring (bicyclic) bond motifs is 2. The predicted octanol–water partition coefficient (Wildman–Crippen LogP) is 4.24. The zero-order valence-corrected chi connectivity index (χ0v) is 12.2. The molecule has 0 aliphatic carbocycles. The van der Waals surface area contributed by atoms with Crippen molar-refractivity contribution in [3.63, 3.8) is 0 Å². The molecule has 1 aliphatic heterocycles. The number of benzene rings is 2. The van der Waals surface area contributed by atoms with E-state index < -0.39 is 12.1 Å². The molecule has 0 radical (unpaired) electrons. The first-order valence-corrected chi connectivity index (χ1v) is 7.46. The normalized spacial score (nSPS) is 14.6. The van der Waals surface area contributed by atoms with Crippen LogP contribution in [0.3, 0.4) is 0 Å². The van der Waals surface area contributed by atoms with Gasteiger partial charge in [0.25, 0.3) is 0 Å². The van der Waals surface area contributed by atoms with Crippen molar-refractivity contribution in [2.24, 2.45) is 0 Å². The van der Waals surface area contributed by atoms with Crippen LogP contribution in [-0.2, 0) is 17.9 Å². The maximum atomic E-state index is 12.8. The Labute approximate surface area is 129 Å². The summed E-state index contributed by atoms with van der Waals surface area (Å²) >= 11 is 1.52. The van der Waals surface area contributed by atoms with E-state index in [-0.39, 0.29) is 13.1 Å². The van der Waals surface area contributed by atoms with E-state index in [0.29, 0.717) is 0 Å². The van der Waals surface area contributed by atoms with Gasteiger partial charge < -0.3 is 4.90 Å². The Kier molecular flexibility index (Phi) is 3.87. The van der Waals surface area contributed by atoms with Gasteiger partial charge in [0.2, 0.25) is 0 Å². The molecule has 1 amide bonds. The summed E-state index contributed by atoms with van der Waals surface area (Å²) in [5, 5.41) is 0. The van der Waals surface area contributed by atoms with Gasteiger partial charge in [0.05, 0.1) is 0 Å². The lowest BCUT2D eigenvalue weighted by Crippen LogP contribution is -2.40. The summed E-state index contributed by atoms with van der Waals surface area (Å²) in [6.07, 6.45) is -4.86. The van der Waals surface area contributed by atoms with Crippen LogP contribution in [0.15, 0.2) is 58.3 Å². The molecule has 1 aliphatic rings. The molecule has 2 aromatic carbocycles. The highest BCUT2D eigenvalue weighted by Gasteiger charge is 2.43. The van der Waals surface area contributed by atoms with E-state index in [1.807, 2.05) is 24.3 Å². The molecule has 0 atom stereocenters. The number of halogens is 3. The monoisotopic (exact) mass is 323 g/mol. The molecule has 0 saturated carbocycles. The number of carbonyl (C=O) groups excluding carboxylic acids is 1. The Morgan fingerprint density at radius 1 is 0.909 bits per heavy atom. The molecule has 2 aromatic rings. The highest BCUT2D eigenvalue weighted by atomic mass is 32.2. The highest BCUT2D eigenvalue weighted by molar-refractivity contribution is 7.99. The van der Waals surface area contributed by atoms with Crippen LogP contribution < -0.4 is 0 Å². The Morgan fingerprint density at radius 3 is 1.82 bits per heavy atom. The second-order valence-corrected chi connectivity index (χ2v) is 6.06. The lowest BCUT2D eigenvalue weighted by molar-refractivity contribution is -0.186. The average molecular weight is 323 g/mol. The third-order valence-corrected chi connectivity index (χ3v) is 4.65. The van der Waals surface area contributed by atoms with E-state index >= 15 is 0 Å². The first-order chi connectivity index (χ1) is 10.4. The SMILES string of the molecule is O=C(N1Cc2ccccc2Sc2ccccc2C1)C(F)(F)F. The molecule has 0 N–H and O–H groups in total. The van der Waals surface area contributed by atoms with Gasteiger partial charge in [0.1, 0.15) is 0 Å². The molecule has 1 heterocycles. The van der Waals surface area contributed by atoms with Gasteiger partial charge in [-0.05, 0) is 23.3 Å². The van der Waals surface area contributed by atoms with Crippen LogP contribution in [0.25, 0.3) is 0 Å². The van der Waals surface area contributed by atoms with Gasteiger partial charge in [0, 0.05) is 22.9 Å². The van der Waals surface area contributed by atoms with Gasteiger partial charge in [0.15, 0.2) is 0 Å². The van der Waals surface area contributed by atoms with Crippen LogP contribution in [0.5, 0.6) is 0 Å². The fourth-order valence-electron chi connectivity index (χ4n) is 2.38. The van der Waals surface area contributed by atoms with Crippen molar-refractivity contribution in [2.45, 2.75) is 29.1 Å². The Hall–Kier alpha value is -1.95. The maximum Gasteiger partial charge on any atom is 0.471 e. The Balaban J connectivity index is 2.06. The maximum absolute atomic E-state index is 12.8. The summed E-state index contributed by atoms with van der Waals surface area (Å²) in [6.45, 7) is -0.0916. The third-order valence-electron chi connectivity index (χ3n) is 3.42. The second-order valence-electron chi connectivity index (χ2n) is 4.98. The summed E-state index contributed by atoms with van der Waals surface area (Å²) in [6, 6.07) is 14.4. The molecule has 0 saturated heterocycles. The van der Waals surface area contributed by atoms with E-state index in [0.717, 1.165) is 25.8 Å². The van der Waals surface area contributed by atoms with Crippen LogP contribution in [0.4, 0.5) is 13.2 Å². The molecule has 0 aromatic heterocycles. The van der Waals surface area contributed by atoms with Crippen molar-refractivity contribution in [3.05, 3.63) is 59.7 Å². The van der Waals surface area contributed by atoms with Crippen LogP contribution in [0.2, 0.25) is 0 Å². The summed E-state index contributed by atoms with van der Waals surface area (Å²) in [5.41, 5.74) is 1.44. The lowest BCUT2D eigenvalue weighted by atomic mass is 10.1. The minimum Gasteiger partial charge on any atom is -0.326 e. The van der Waals surface area contributed by atoms with Crippen molar-refractivity contribution in [1.82, 2.24) is 4.90 Å². The van der Waals surface area contributed by atoms with E-state index in [9.17, 15) is 18.0 Å². The molecular weight excluding hydrogens is 311 g/mol. The molecule has 3 rings (SSSR count). The van der Waals surface area contributed by atoms with Gasteiger partial charge in [-0.1, -0.05) is 48.2 Å². The number of alkyl halides is 3. The second kappa shape index (κ2) is 5.68. The fraction of sp³-hybridized carbons (Fsp3) is 0.188. The van der Waals surface area contributed by atoms with E-state index in [1.54, 1.807) is 24.3 Å². The van der Waals surface area contributed by atoms with Crippen LogP contribution >= 0.6 is 11.8 Å². The average Bonchev–Trinajstić information content (AvgIpc) is 2.46. The molecule has 2 nitrogen and oxygen atoms in total. The van der Waals surface area contributed by atoms with Crippen molar-refractivity contribution in [1.29, 1.82) is 0 Å².